The lowest BCUT2D eigenvalue weighted by molar-refractivity contribution is 0.199. The number of amides is 2. The summed E-state index contributed by atoms with van der Waals surface area (Å²) in [5.41, 5.74) is 4.44. The van der Waals surface area contributed by atoms with Gasteiger partial charge in [0.2, 0.25) is 5.89 Å². The van der Waals surface area contributed by atoms with E-state index in [1.807, 2.05) is 43.3 Å². The number of fused-ring (bicyclic) bond motifs is 1. The maximum absolute atomic E-state index is 14.2. The zero-order valence-corrected chi connectivity index (χ0v) is 17.1. The molecule has 4 aromatic rings. The van der Waals surface area contributed by atoms with Crippen LogP contribution in [-0.4, -0.2) is 22.5 Å². The Morgan fingerprint density at radius 1 is 1.13 bits per heavy atom. The first-order chi connectivity index (χ1) is 15.1. The van der Waals surface area contributed by atoms with Gasteiger partial charge in [-0.2, -0.15) is 0 Å². The first-order valence-electron chi connectivity index (χ1n) is 10.4. The van der Waals surface area contributed by atoms with Crippen LogP contribution in [0.5, 0.6) is 0 Å². The highest BCUT2D eigenvalue weighted by molar-refractivity contribution is 5.90. The highest BCUT2D eigenvalue weighted by Gasteiger charge is 2.33. The van der Waals surface area contributed by atoms with Crippen molar-refractivity contribution in [3.05, 3.63) is 84.0 Å². The quantitative estimate of drug-likeness (QED) is 0.426. The fraction of sp³-hybridized carbons (Fsp3) is 0.200. The zero-order chi connectivity index (χ0) is 21.4. The highest BCUT2D eigenvalue weighted by Crippen LogP contribution is 2.35. The zero-order valence-electron chi connectivity index (χ0n) is 17.1. The van der Waals surface area contributed by atoms with E-state index >= 15 is 0 Å². The Kier molecular flexibility index (Phi) is 4.90. The van der Waals surface area contributed by atoms with Gasteiger partial charge in [0.25, 0.3) is 0 Å². The molecule has 1 atom stereocenters. The lowest BCUT2D eigenvalue weighted by atomic mass is 10.0. The number of hydrogen-bond acceptors (Lipinski definition) is 3. The van der Waals surface area contributed by atoms with Crippen LogP contribution in [0.2, 0.25) is 0 Å². The third kappa shape index (κ3) is 3.77. The van der Waals surface area contributed by atoms with Crippen LogP contribution in [0.1, 0.15) is 30.3 Å². The van der Waals surface area contributed by atoms with Crippen LogP contribution in [0.4, 0.5) is 14.9 Å². The van der Waals surface area contributed by atoms with E-state index in [4.69, 9.17) is 4.42 Å². The second kappa shape index (κ2) is 7.87. The Morgan fingerprint density at radius 3 is 2.74 bits per heavy atom. The number of halogens is 1. The molecule has 3 aromatic carbocycles. The number of aromatic nitrogens is 1. The smallest absolute Gasteiger partial charge is 0.322 e. The largest absolute Gasteiger partial charge is 0.438 e. The van der Waals surface area contributed by atoms with Crippen molar-refractivity contribution in [3.63, 3.8) is 0 Å². The highest BCUT2D eigenvalue weighted by atomic mass is 19.1. The molecule has 1 N–H and O–H groups in total. The lowest BCUT2D eigenvalue weighted by Gasteiger charge is -2.22. The molecule has 0 radical (unpaired) electrons. The summed E-state index contributed by atoms with van der Waals surface area (Å²) in [6, 6.07) is 19.4. The third-order valence-corrected chi connectivity index (χ3v) is 5.69. The molecule has 0 spiro atoms. The minimum atomic E-state index is -0.277. The molecule has 0 bridgehead atoms. The van der Waals surface area contributed by atoms with Gasteiger partial charge in [0.1, 0.15) is 17.4 Å². The van der Waals surface area contributed by atoms with Crippen molar-refractivity contribution in [2.75, 3.05) is 11.9 Å². The molecule has 0 aliphatic carbocycles. The molecule has 1 unspecified atom stereocenters. The van der Waals surface area contributed by atoms with Crippen molar-refractivity contribution in [1.82, 2.24) is 9.88 Å². The fourth-order valence-electron chi connectivity index (χ4n) is 4.05. The molecule has 0 saturated carbocycles. The van der Waals surface area contributed by atoms with E-state index in [0.29, 0.717) is 29.1 Å². The van der Waals surface area contributed by atoms with Crippen LogP contribution in [0.25, 0.3) is 22.2 Å². The van der Waals surface area contributed by atoms with Gasteiger partial charge in [0.15, 0.2) is 5.58 Å². The number of nitrogens with zero attached hydrogens (tertiary/aromatic N) is 2. The molecule has 6 heteroatoms. The minimum Gasteiger partial charge on any atom is -0.438 e. The lowest BCUT2D eigenvalue weighted by Crippen LogP contribution is -2.34. The average molecular weight is 415 g/mol. The number of urea groups is 1. The van der Waals surface area contributed by atoms with Crippen molar-refractivity contribution < 1.29 is 13.6 Å². The van der Waals surface area contributed by atoms with Crippen LogP contribution in [-0.2, 0) is 0 Å². The number of carbonyl (C=O) groups is 1. The van der Waals surface area contributed by atoms with Crippen LogP contribution in [0, 0.1) is 12.7 Å². The summed E-state index contributed by atoms with van der Waals surface area (Å²) in [6.45, 7) is 2.65. The molecule has 31 heavy (non-hydrogen) atoms. The molecule has 5 nitrogen and oxygen atoms in total. The number of nitrogens with one attached hydrogen (secondary N) is 1. The molecule has 1 saturated heterocycles. The van der Waals surface area contributed by atoms with E-state index in [0.717, 1.165) is 29.7 Å². The van der Waals surface area contributed by atoms with Crippen molar-refractivity contribution in [2.45, 2.75) is 25.8 Å². The molecule has 2 heterocycles. The molecule has 1 fully saturated rings. The summed E-state index contributed by atoms with van der Waals surface area (Å²) >= 11 is 0. The van der Waals surface area contributed by atoms with Crippen molar-refractivity contribution in [2.24, 2.45) is 0 Å². The van der Waals surface area contributed by atoms with Crippen LogP contribution in [0.3, 0.4) is 0 Å². The van der Waals surface area contributed by atoms with Gasteiger partial charge in [-0.1, -0.05) is 42.0 Å². The van der Waals surface area contributed by atoms with Gasteiger partial charge < -0.3 is 14.6 Å². The van der Waals surface area contributed by atoms with Gasteiger partial charge in [-0.15, -0.1) is 0 Å². The number of hydrogen-bond donors (Lipinski definition) is 1. The molecule has 1 aromatic heterocycles. The topological polar surface area (TPSA) is 58.4 Å². The standard InChI is InChI=1S/C25H22FN3O2/c1-16-8-11-18(12-9-16)27-25(30)29-14-4-7-22(29)24-28-21-15-17(10-13-23(21)31-24)19-5-2-3-6-20(19)26/h2-3,5-6,8-13,15,22H,4,7,14H2,1H3,(H,27,30). The molecule has 5 rings (SSSR count). The van der Waals surface area contributed by atoms with E-state index in [1.54, 1.807) is 29.2 Å². The summed E-state index contributed by atoms with van der Waals surface area (Å²) in [7, 11) is 0. The Balaban J connectivity index is 1.40. The van der Waals surface area contributed by atoms with Crippen LogP contribution >= 0.6 is 0 Å². The Labute approximate surface area is 179 Å². The molecular formula is C25H22FN3O2. The monoisotopic (exact) mass is 415 g/mol. The van der Waals surface area contributed by atoms with Gasteiger partial charge in [-0.25, -0.2) is 14.2 Å². The van der Waals surface area contributed by atoms with E-state index in [-0.39, 0.29) is 17.9 Å². The van der Waals surface area contributed by atoms with Crippen molar-refractivity contribution in [1.29, 1.82) is 0 Å². The minimum absolute atomic E-state index is 0.166. The molecular weight excluding hydrogens is 393 g/mol. The maximum Gasteiger partial charge on any atom is 0.322 e. The van der Waals surface area contributed by atoms with Gasteiger partial charge in [-0.3, -0.25) is 0 Å². The number of anilines is 1. The summed E-state index contributed by atoms with van der Waals surface area (Å²) in [4.78, 5) is 19.3. The number of aryl methyl sites for hydroxylation is 1. The van der Waals surface area contributed by atoms with E-state index in [9.17, 15) is 9.18 Å². The van der Waals surface area contributed by atoms with E-state index in [2.05, 4.69) is 10.3 Å². The van der Waals surface area contributed by atoms with E-state index < -0.39 is 0 Å². The average Bonchev–Trinajstić information content (AvgIpc) is 3.42. The second-order valence-corrected chi connectivity index (χ2v) is 7.86. The summed E-state index contributed by atoms with van der Waals surface area (Å²) in [6.07, 6.45) is 1.67. The number of oxazole rings is 1. The maximum atomic E-state index is 14.2. The van der Waals surface area contributed by atoms with E-state index in [1.165, 1.54) is 6.07 Å². The number of benzene rings is 3. The summed E-state index contributed by atoms with van der Waals surface area (Å²) in [5.74, 6) is 0.234. The normalized spacial score (nSPS) is 16.1. The third-order valence-electron chi connectivity index (χ3n) is 5.69. The van der Waals surface area contributed by atoms with Crippen molar-refractivity contribution >= 4 is 22.8 Å². The molecule has 156 valence electrons. The predicted molar refractivity (Wildman–Crippen MR) is 118 cm³/mol. The number of rotatable bonds is 3. The summed E-state index contributed by atoms with van der Waals surface area (Å²) in [5, 5.41) is 2.96. The van der Waals surface area contributed by atoms with Crippen LogP contribution in [0.15, 0.2) is 71.1 Å². The van der Waals surface area contributed by atoms with Gasteiger partial charge in [0, 0.05) is 17.8 Å². The predicted octanol–water partition coefficient (Wildman–Crippen LogP) is 6.31. The summed E-state index contributed by atoms with van der Waals surface area (Å²) < 4.78 is 20.2. The van der Waals surface area contributed by atoms with Crippen molar-refractivity contribution in [3.8, 4) is 11.1 Å². The Bertz CT molecular complexity index is 1250. The number of likely N-dealkylation sites (tertiary alicyclic amines) is 1. The molecule has 1 aliphatic heterocycles. The van der Waals surface area contributed by atoms with Gasteiger partial charge in [-0.05, 0) is 55.7 Å². The Morgan fingerprint density at radius 2 is 1.94 bits per heavy atom. The first-order valence-corrected chi connectivity index (χ1v) is 10.4. The molecule has 2 amide bonds. The van der Waals surface area contributed by atoms with Crippen LogP contribution < -0.4 is 5.32 Å². The van der Waals surface area contributed by atoms with Gasteiger partial charge in [0.05, 0.1) is 0 Å². The Hall–Kier alpha value is -3.67. The first kappa shape index (κ1) is 19.3. The second-order valence-electron chi connectivity index (χ2n) is 7.86. The number of carbonyl (C=O) groups excluding carboxylic acids is 1. The fourth-order valence-corrected chi connectivity index (χ4v) is 4.05. The molecule has 1 aliphatic rings. The SMILES string of the molecule is Cc1ccc(NC(=O)N2CCCC2c2nc3cc(-c4ccccc4F)ccc3o2)cc1. The van der Waals surface area contributed by atoms with Gasteiger partial charge >= 0.3 is 6.03 Å².